The lowest BCUT2D eigenvalue weighted by Gasteiger charge is -2.28. The highest BCUT2D eigenvalue weighted by atomic mass is 32.1. The lowest BCUT2D eigenvalue weighted by molar-refractivity contribution is -0.123. The van der Waals surface area contributed by atoms with E-state index >= 15 is 0 Å². The number of ether oxygens (including phenoxy) is 1. The second-order valence-electron chi connectivity index (χ2n) is 5.27. The summed E-state index contributed by atoms with van der Waals surface area (Å²) < 4.78 is 19.1. The molecule has 1 saturated heterocycles. The van der Waals surface area contributed by atoms with Crippen LogP contribution in [0.4, 0.5) is 9.52 Å². The highest BCUT2D eigenvalue weighted by molar-refractivity contribution is 7.15. The first-order chi connectivity index (χ1) is 11.1. The number of benzene rings is 1. The number of halogens is 1. The van der Waals surface area contributed by atoms with Crippen molar-refractivity contribution in [1.82, 2.24) is 15.5 Å². The van der Waals surface area contributed by atoms with Gasteiger partial charge in [-0.25, -0.2) is 4.39 Å². The van der Waals surface area contributed by atoms with Crippen LogP contribution in [0.25, 0.3) is 0 Å². The molecule has 1 fully saturated rings. The number of carbonyl (C=O) groups is 1. The summed E-state index contributed by atoms with van der Waals surface area (Å²) in [4.78, 5) is 12.2. The number of carbonyl (C=O) groups excluding carboxylic acids is 1. The minimum absolute atomic E-state index is 0.199. The Morgan fingerprint density at radius 2 is 2.30 bits per heavy atom. The van der Waals surface area contributed by atoms with Crippen LogP contribution in [0.3, 0.4) is 0 Å². The number of nitrogens with zero attached hydrogens (tertiary/aromatic N) is 2. The van der Waals surface area contributed by atoms with Crippen LogP contribution in [0.1, 0.15) is 17.5 Å². The van der Waals surface area contributed by atoms with Gasteiger partial charge in [-0.15, -0.1) is 10.2 Å². The number of hydrogen-bond donors (Lipinski definition) is 2. The maximum Gasteiger partial charge on any atom is 0.246 e. The lowest BCUT2D eigenvalue weighted by Crippen LogP contribution is -2.53. The van der Waals surface area contributed by atoms with Gasteiger partial charge in [0.25, 0.3) is 0 Å². The fourth-order valence-corrected chi connectivity index (χ4v) is 3.16. The van der Waals surface area contributed by atoms with Crippen LogP contribution < -0.4 is 10.6 Å². The summed E-state index contributed by atoms with van der Waals surface area (Å²) in [7, 11) is 0. The first kappa shape index (κ1) is 16.0. The fraction of sp³-hybridized carbons (Fsp3) is 0.400. The van der Waals surface area contributed by atoms with Gasteiger partial charge in [0, 0.05) is 13.0 Å². The first-order valence-corrected chi connectivity index (χ1v) is 8.17. The van der Waals surface area contributed by atoms with Gasteiger partial charge in [0.1, 0.15) is 16.9 Å². The Balaban J connectivity index is 1.63. The Kier molecular flexibility index (Phi) is 4.94. The summed E-state index contributed by atoms with van der Waals surface area (Å²) in [5, 5.41) is 14.8. The summed E-state index contributed by atoms with van der Waals surface area (Å²) in [6.07, 6.45) is 0.149. The third-order valence-corrected chi connectivity index (χ3v) is 4.43. The van der Waals surface area contributed by atoms with Crippen molar-refractivity contribution in [2.24, 2.45) is 0 Å². The van der Waals surface area contributed by atoms with E-state index in [0.717, 1.165) is 0 Å². The van der Waals surface area contributed by atoms with Gasteiger partial charge in [0.15, 0.2) is 0 Å². The van der Waals surface area contributed by atoms with Crippen molar-refractivity contribution in [1.29, 1.82) is 0 Å². The minimum atomic E-state index is -0.414. The van der Waals surface area contributed by atoms with Crippen molar-refractivity contribution < 1.29 is 13.9 Å². The highest BCUT2D eigenvalue weighted by Crippen LogP contribution is 2.20. The molecule has 8 heteroatoms. The smallest absolute Gasteiger partial charge is 0.246 e. The molecule has 122 valence electrons. The molecule has 0 bridgehead atoms. The second-order valence-corrected chi connectivity index (χ2v) is 6.33. The number of nitrogens with one attached hydrogen (secondary N) is 2. The van der Waals surface area contributed by atoms with E-state index < -0.39 is 6.04 Å². The molecule has 0 saturated carbocycles. The summed E-state index contributed by atoms with van der Waals surface area (Å²) in [5.41, 5.74) is 0.553. The summed E-state index contributed by atoms with van der Waals surface area (Å²) in [6, 6.07) is 6.13. The lowest BCUT2D eigenvalue weighted by atomic mass is 10.1. The minimum Gasteiger partial charge on any atom is -0.375 e. The van der Waals surface area contributed by atoms with E-state index in [0.29, 0.717) is 35.3 Å². The molecule has 1 aliphatic heterocycles. The van der Waals surface area contributed by atoms with Crippen LogP contribution in [-0.4, -0.2) is 41.4 Å². The molecule has 2 aromatic rings. The van der Waals surface area contributed by atoms with E-state index in [1.165, 1.54) is 17.4 Å². The first-order valence-electron chi connectivity index (χ1n) is 7.35. The summed E-state index contributed by atoms with van der Waals surface area (Å²) >= 11 is 1.24. The Hall–Kier alpha value is -1.90. The van der Waals surface area contributed by atoms with Crippen LogP contribution in [0.15, 0.2) is 24.3 Å². The zero-order chi connectivity index (χ0) is 16.2. The SMILES string of the molecule is C[C@H]1OCCN[C@@H]1C(=O)Nc1nnc(Cc2ccccc2F)s1. The van der Waals surface area contributed by atoms with Gasteiger partial charge in [0.05, 0.1) is 12.7 Å². The average Bonchev–Trinajstić information content (AvgIpc) is 2.97. The van der Waals surface area contributed by atoms with Crippen LogP contribution >= 0.6 is 11.3 Å². The number of anilines is 1. The maximum absolute atomic E-state index is 13.6. The second kappa shape index (κ2) is 7.12. The predicted molar refractivity (Wildman–Crippen MR) is 84.9 cm³/mol. The van der Waals surface area contributed by atoms with Crippen LogP contribution in [-0.2, 0) is 16.0 Å². The third kappa shape index (κ3) is 3.90. The predicted octanol–water partition coefficient (Wildman–Crippen LogP) is 1.58. The Bertz CT molecular complexity index is 694. The van der Waals surface area contributed by atoms with E-state index in [-0.39, 0.29) is 17.8 Å². The van der Waals surface area contributed by atoms with Crippen molar-refractivity contribution in [2.45, 2.75) is 25.5 Å². The molecule has 2 atom stereocenters. The molecule has 2 heterocycles. The molecule has 6 nitrogen and oxygen atoms in total. The number of hydrogen-bond acceptors (Lipinski definition) is 6. The van der Waals surface area contributed by atoms with Gasteiger partial charge >= 0.3 is 0 Å². The normalized spacial score (nSPS) is 21.1. The van der Waals surface area contributed by atoms with Gasteiger partial charge in [-0.1, -0.05) is 29.5 Å². The van der Waals surface area contributed by atoms with E-state index in [9.17, 15) is 9.18 Å². The Labute approximate surface area is 137 Å². The Morgan fingerprint density at radius 1 is 1.48 bits per heavy atom. The topological polar surface area (TPSA) is 76.1 Å². The van der Waals surface area contributed by atoms with E-state index in [4.69, 9.17) is 4.74 Å². The van der Waals surface area contributed by atoms with Gasteiger partial charge in [-0.2, -0.15) is 0 Å². The molecular weight excluding hydrogens is 319 g/mol. The monoisotopic (exact) mass is 336 g/mol. The van der Waals surface area contributed by atoms with Crippen molar-refractivity contribution in [3.05, 3.63) is 40.7 Å². The molecule has 0 unspecified atom stereocenters. The quantitative estimate of drug-likeness (QED) is 0.887. The van der Waals surface area contributed by atoms with E-state index in [2.05, 4.69) is 20.8 Å². The van der Waals surface area contributed by atoms with Crippen LogP contribution in [0.2, 0.25) is 0 Å². The van der Waals surface area contributed by atoms with Crippen molar-refractivity contribution in [3.63, 3.8) is 0 Å². The molecule has 1 amide bonds. The largest absolute Gasteiger partial charge is 0.375 e. The molecule has 1 aromatic heterocycles. The molecular formula is C15H17FN4O2S. The van der Waals surface area contributed by atoms with Gasteiger partial charge in [0.2, 0.25) is 11.0 Å². The summed E-state index contributed by atoms with van der Waals surface area (Å²) in [5.74, 6) is -0.476. The highest BCUT2D eigenvalue weighted by Gasteiger charge is 2.28. The fourth-order valence-electron chi connectivity index (χ4n) is 2.39. The van der Waals surface area contributed by atoms with Gasteiger partial charge in [-0.05, 0) is 18.6 Å². The standard InChI is InChI=1S/C15H17FN4O2S/c1-9-13(17-6-7-22-9)14(21)18-15-20-19-12(23-15)8-10-4-2-3-5-11(10)16/h2-5,9,13,17H,6-8H2,1H3,(H,18,20,21)/t9-,13+/m1/s1. The molecule has 0 spiro atoms. The molecule has 1 aromatic carbocycles. The molecule has 0 aliphatic carbocycles. The van der Waals surface area contributed by atoms with Crippen molar-refractivity contribution >= 4 is 22.4 Å². The molecule has 2 N–H and O–H groups in total. The molecule has 23 heavy (non-hydrogen) atoms. The number of aromatic nitrogens is 2. The Morgan fingerprint density at radius 3 is 3.09 bits per heavy atom. The number of amides is 1. The van der Waals surface area contributed by atoms with Gasteiger partial charge in [-0.3, -0.25) is 10.1 Å². The van der Waals surface area contributed by atoms with E-state index in [1.54, 1.807) is 18.2 Å². The third-order valence-electron chi connectivity index (χ3n) is 3.60. The molecule has 3 rings (SSSR count). The van der Waals surface area contributed by atoms with Crippen LogP contribution in [0, 0.1) is 5.82 Å². The average molecular weight is 336 g/mol. The number of rotatable bonds is 4. The van der Waals surface area contributed by atoms with Crippen LogP contribution in [0.5, 0.6) is 0 Å². The van der Waals surface area contributed by atoms with Gasteiger partial charge < -0.3 is 10.1 Å². The zero-order valence-electron chi connectivity index (χ0n) is 12.6. The zero-order valence-corrected chi connectivity index (χ0v) is 13.4. The van der Waals surface area contributed by atoms with Crippen molar-refractivity contribution in [2.75, 3.05) is 18.5 Å². The molecule has 0 radical (unpaired) electrons. The van der Waals surface area contributed by atoms with E-state index in [1.807, 2.05) is 6.92 Å². The molecule has 1 aliphatic rings. The summed E-state index contributed by atoms with van der Waals surface area (Å²) in [6.45, 7) is 3.08. The van der Waals surface area contributed by atoms with Crippen molar-refractivity contribution in [3.8, 4) is 0 Å². The number of morpholine rings is 1. The maximum atomic E-state index is 13.6.